The van der Waals surface area contributed by atoms with E-state index in [2.05, 4.69) is 0 Å². The van der Waals surface area contributed by atoms with E-state index in [1.807, 2.05) is 24.3 Å². The summed E-state index contributed by atoms with van der Waals surface area (Å²) in [4.78, 5) is 13.5. The number of carbonyl (C=O) groups is 1. The van der Waals surface area contributed by atoms with Crippen LogP contribution in [0.15, 0.2) is 47.1 Å². The molecule has 1 aromatic heterocycles. The smallest absolute Gasteiger partial charge is 0.238 e. The molecule has 0 unspecified atom stereocenters. The fraction of sp³-hybridized carbons (Fsp3) is 0.214. The van der Waals surface area contributed by atoms with Crippen LogP contribution in [0.5, 0.6) is 0 Å². The topological polar surface area (TPSA) is 33.5 Å². The summed E-state index contributed by atoms with van der Waals surface area (Å²) in [6, 6.07) is 11.0. The molecule has 3 nitrogen and oxygen atoms in total. The fourth-order valence-corrected chi connectivity index (χ4v) is 2.15. The Morgan fingerprint density at radius 1 is 1.21 bits per heavy atom. The molecule has 2 rings (SSSR count). The average molecular weight is 298 g/mol. The minimum absolute atomic E-state index is 0.0543. The normalized spacial score (nSPS) is 10.4. The average Bonchev–Trinajstić information content (AvgIpc) is 2.90. The minimum Gasteiger partial charge on any atom is -0.467 e. The van der Waals surface area contributed by atoms with Crippen LogP contribution < -0.4 is 0 Å². The molecular weight excluding hydrogens is 285 g/mol. The van der Waals surface area contributed by atoms with E-state index in [1.54, 1.807) is 23.3 Å². The highest BCUT2D eigenvalue weighted by molar-refractivity contribution is 6.30. The lowest BCUT2D eigenvalue weighted by Crippen LogP contribution is -2.30. The van der Waals surface area contributed by atoms with Crippen molar-refractivity contribution < 1.29 is 9.21 Å². The maximum Gasteiger partial charge on any atom is 0.238 e. The van der Waals surface area contributed by atoms with Crippen LogP contribution in [0, 0.1) is 0 Å². The third-order valence-corrected chi connectivity index (χ3v) is 3.12. The summed E-state index contributed by atoms with van der Waals surface area (Å²) >= 11 is 11.6. The molecule has 5 heteroatoms. The Labute approximate surface area is 121 Å². The molecule has 2 aromatic rings. The van der Waals surface area contributed by atoms with E-state index in [1.165, 1.54) is 0 Å². The Balaban J connectivity index is 2.12. The summed E-state index contributed by atoms with van der Waals surface area (Å²) < 4.78 is 5.26. The Hall–Kier alpha value is -1.45. The van der Waals surface area contributed by atoms with Crippen LogP contribution in [0.3, 0.4) is 0 Å². The summed E-state index contributed by atoms with van der Waals surface area (Å²) in [7, 11) is 0. The van der Waals surface area contributed by atoms with Crippen molar-refractivity contribution in [3.8, 4) is 0 Å². The third kappa shape index (κ3) is 4.01. The summed E-state index contributed by atoms with van der Waals surface area (Å²) in [6.45, 7) is 0.845. The molecule has 0 bridgehead atoms. The molecule has 0 saturated heterocycles. The first-order valence-corrected chi connectivity index (χ1v) is 6.71. The molecule has 100 valence electrons. The van der Waals surface area contributed by atoms with Gasteiger partial charge in [0.05, 0.1) is 12.8 Å². The number of rotatable bonds is 5. The Morgan fingerprint density at radius 2 is 2.05 bits per heavy atom. The van der Waals surface area contributed by atoms with Crippen molar-refractivity contribution in [2.24, 2.45) is 0 Å². The Bertz CT molecular complexity index is 540. The van der Waals surface area contributed by atoms with Crippen molar-refractivity contribution in [2.75, 3.05) is 5.88 Å². The van der Waals surface area contributed by atoms with Crippen molar-refractivity contribution in [2.45, 2.75) is 13.1 Å². The molecule has 0 saturated carbocycles. The highest BCUT2D eigenvalue weighted by Crippen LogP contribution is 2.15. The zero-order chi connectivity index (χ0) is 13.7. The lowest BCUT2D eigenvalue weighted by atomic mass is 10.2. The highest BCUT2D eigenvalue weighted by Gasteiger charge is 2.14. The van der Waals surface area contributed by atoms with E-state index in [0.29, 0.717) is 18.1 Å². The second-order valence-electron chi connectivity index (χ2n) is 4.09. The number of nitrogens with zero attached hydrogens (tertiary/aromatic N) is 1. The number of alkyl halides is 1. The molecule has 0 aliphatic heterocycles. The molecule has 1 aromatic carbocycles. The summed E-state index contributed by atoms with van der Waals surface area (Å²) in [5.74, 6) is 0.528. The molecule has 19 heavy (non-hydrogen) atoms. The van der Waals surface area contributed by atoms with Crippen LogP contribution in [0.2, 0.25) is 5.02 Å². The zero-order valence-electron chi connectivity index (χ0n) is 10.2. The van der Waals surface area contributed by atoms with Crippen LogP contribution >= 0.6 is 23.2 Å². The van der Waals surface area contributed by atoms with Gasteiger partial charge < -0.3 is 9.32 Å². The van der Waals surface area contributed by atoms with Crippen molar-refractivity contribution in [1.82, 2.24) is 4.90 Å². The van der Waals surface area contributed by atoms with Crippen LogP contribution in [-0.4, -0.2) is 16.7 Å². The van der Waals surface area contributed by atoms with Crippen LogP contribution in [-0.2, 0) is 17.9 Å². The maximum absolute atomic E-state index is 11.8. The van der Waals surface area contributed by atoms with Gasteiger partial charge in [-0.1, -0.05) is 23.7 Å². The molecule has 0 atom stereocenters. The predicted octanol–water partition coefficient (Wildman–Crippen LogP) is 3.70. The molecule has 0 aliphatic carbocycles. The molecular formula is C14H13Cl2NO2. The van der Waals surface area contributed by atoms with Gasteiger partial charge in [-0.3, -0.25) is 4.79 Å². The van der Waals surface area contributed by atoms with E-state index in [-0.39, 0.29) is 11.8 Å². The second-order valence-corrected chi connectivity index (χ2v) is 4.80. The number of hydrogen-bond donors (Lipinski definition) is 0. The largest absolute Gasteiger partial charge is 0.467 e. The van der Waals surface area contributed by atoms with Crippen molar-refractivity contribution in [3.63, 3.8) is 0 Å². The van der Waals surface area contributed by atoms with Crippen molar-refractivity contribution in [1.29, 1.82) is 0 Å². The number of halogens is 2. The number of benzene rings is 1. The van der Waals surface area contributed by atoms with E-state index in [4.69, 9.17) is 27.6 Å². The van der Waals surface area contributed by atoms with Crippen molar-refractivity contribution >= 4 is 29.1 Å². The monoisotopic (exact) mass is 297 g/mol. The van der Waals surface area contributed by atoms with Gasteiger partial charge in [0, 0.05) is 11.6 Å². The number of carbonyl (C=O) groups excluding carboxylic acids is 1. The fourth-order valence-electron chi connectivity index (χ4n) is 1.76. The van der Waals surface area contributed by atoms with Crippen LogP contribution in [0.4, 0.5) is 0 Å². The van der Waals surface area contributed by atoms with Crippen LogP contribution in [0.1, 0.15) is 11.3 Å². The van der Waals surface area contributed by atoms with Gasteiger partial charge in [0.25, 0.3) is 0 Å². The van der Waals surface area contributed by atoms with Gasteiger partial charge in [0.1, 0.15) is 11.6 Å². The Morgan fingerprint density at radius 3 is 2.68 bits per heavy atom. The summed E-state index contributed by atoms with van der Waals surface area (Å²) in [6.07, 6.45) is 1.58. The summed E-state index contributed by atoms with van der Waals surface area (Å²) in [5, 5.41) is 0.647. The first kappa shape index (κ1) is 14.0. The SMILES string of the molecule is O=C(CCl)N(Cc1cccc(Cl)c1)Cc1ccco1. The van der Waals surface area contributed by atoms with E-state index >= 15 is 0 Å². The van der Waals surface area contributed by atoms with E-state index in [9.17, 15) is 4.79 Å². The predicted molar refractivity (Wildman–Crippen MR) is 75.1 cm³/mol. The number of amides is 1. The molecule has 0 aliphatic rings. The molecule has 0 fully saturated rings. The van der Waals surface area contributed by atoms with Gasteiger partial charge in [0.15, 0.2) is 0 Å². The minimum atomic E-state index is -0.141. The van der Waals surface area contributed by atoms with Crippen molar-refractivity contribution in [3.05, 3.63) is 59.0 Å². The van der Waals surface area contributed by atoms with Crippen LogP contribution in [0.25, 0.3) is 0 Å². The van der Waals surface area contributed by atoms with E-state index in [0.717, 1.165) is 11.3 Å². The number of hydrogen-bond acceptors (Lipinski definition) is 2. The van der Waals surface area contributed by atoms with Gasteiger partial charge in [-0.25, -0.2) is 0 Å². The standard InChI is InChI=1S/C14H13Cl2NO2/c15-8-14(18)17(10-13-5-2-6-19-13)9-11-3-1-4-12(16)7-11/h1-7H,8-10H2. The molecule has 0 N–H and O–H groups in total. The second kappa shape index (κ2) is 6.64. The Kier molecular flexibility index (Phi) is 4.88. The lowest BCUT2D eigenvalue weighted by Gasteiger charge is -2.20. The first-order chi connectivity index (χ1) is 9.19. The van der Waals surface area contributed by atoms with Gasteiger partial charge in [-0.15, -0.1) is 11.6 Å². The molecule has 0 radical (unpaired) electrons. The maximum atomic E-state index is 11.8. The summed E-state index contributed by atoms with van der Waals surface area (Å²) in [5.41, 5.74) is 0.956. The van der Waals surface area contributed by atoms with Gasteiger partial charge >= 0.3 is 0 Å². The number of furan rings is 1. The lowest BCUT2D eigenvalue weighted by molar-refractivity contribution is -0.130. The first-order valence-electron chi connectivity index (χ1n) is 5.79. The highest BCUT2D eigenvalue weighted by atomic mass is 35.5. The third-order valence-electron chi connectivity index (χ3n) is 2.66. The quantitative estimate of drug-likeness (QED) is 0.789. The van der Waals surface area contributed by atoms with Gasteiger partial charge in [0.2, 0.25) is 5.91 Å². The van der Waals surface area contributed by atoms with Gasteiger partial charge in [-0.05, 0) is 29.8 Å². The van der Waals surface area contributed by atoms with E-state index < -0.39 is 0 Å². The molecule has 0 spiro atoms. The molecule has 1 heterocycles. The van der Waals surface area contributed by atoms with Gasteiger partial charge in [-0.2, -0.15) is 0 Å². The molecule has 1 amide bonds. The zero-order valence-corrected chi connectivity index (χ0v) is 11.7.